The van der Waals surface area contributed by atoms with E-state index in [4.69, 9.17) is 18.9 Å². The second kappa shape index (κ2) is 4.43. The number of carbonyl (C=O) groups excluding carboxylic acids is 2. The molecule has 0 aromatic carbocycles. The van der Waals surface area contributed by atoms with Crippen LogP contribution in [0.25, 0.3) is 0 Å². The van der Waals surface area contributed by atoms with Crippen molar-refractivity contribution in [2.75, 3.05) is 7.11 Å². The van der Waals surface area contributed by atoms with Gasteiger partial charge >= 0.3 is 11.9 Å². The summed E-state index contributed by atoms with van der Waals surface area (Å²) in [6, 6.07) is 0. The SMILES string of the molecule is COC(=O)[C@@H]1C[C@H]2OC(C)(C)O[C@H]2[C@@H]2OC(=O)C(C)[C@@H]21. The highest BCUT2D eigenvalue weighted by Crippen LogP contribution is 2.49. The molecule has 20 heavy (non-hydrogen) atoms. The van der Waals surface area contributed by atoms with E-state index in [1.165, 1.54) is 7.11 Å². The molecule has 0 radical (unpaired) electrons. The van der Waals surface area contributed by atoms with Crippen molar-refractivity contribution in [3.05, 3.63) is 0 Å². The van der Waals surface area contributed by atoms with Gasteiger partial charge in [-0.1, -0.05) is 6.92 Å². The lowest BCUT2D eigenvalue weighted by Crippen LogP contribution is -2.50. The lowest BCUT2D eigenvalue weighted by atomic mass is 9.70. The molecule has 112 valence electrons. The quantitative estimate of drug-likeness (QED) is 0.666. The van der Waals surface area contributed by atoms with E-state index in [0.29, 0.717) is 6.42 Å². The Morgan fingerprint density at radius 3 is 2.65 bits per heavy atom. The Morgan fingerprint density at radius 1 is 1.30 bits per heavy atom. The average molecular weight is 284 g/mol. The van der Waals surface area contributed by atoms with Gasteiger partial charge in [0.25, 0.3) is 0 Å². The maximum absolute atomic E-state index is 12.0. The fourth-order valence-electron chi connectivity index (χ4n) is 3.76. The van der Waals surface area contributed by atoms with E-state index >= 15 is 0 Å². The smallest absolute Gasteiger partial charge is 0.309 e. The van der Waals surface area contributed by atoms with Crippen LogP contribution in [0.1, 0.15) is 27.2 Å². The molecule has 0 aromatic rings. The molecule has 0 N–H and O–H groups in total. The molecule has 0 spiro atoms. The van der Waals surface area contributed by atoms with E-state index in [9.17, 15) is 9.59 Å². The molecule has 0 aromatic heterocycles. The van der Waals surface area contributed by atoms with Crippen molar-refractivity contribution in [3.8, 4) is 0 Å². The number of hydrogen-bond donors (Lipinski definition) is 0. The van der Waals surface area contributed by atoms with Gasteiger partial charge in [0, 0.05) is 5.92 Å². The Morgan fingerprint density at radius 2 is 2.00 bits per heavy atom. The van der Waals surface area contributed by atoms with Gasteiger partial charge in [-0.3, -0.25) is 9.59 Å². The molecule has 1 aliphatic carbocycles. The molecule has 6 atom stereocenters. The molecule has 0 bridgehead atoms. The first-order valence-electron chi connectivity index (χ1n) is 6.98. The topological polar surface area (TPSA) is 71.1 Å². The highest BCUT2D eigenvalue weighted by atomic mass is 16.8. The molecule has 2 aliphatic heterocycles. The van der Waals surface area contributed by atoms with Gasteiger partial charge in [-0.15, -0.1) is 0 Å². The summed E-state index contributed by atoms with van der Waals surface area (Å²) >= 11 is 0. The van der Waals surface area contributed by atoms with Gasteiger partial charge in [-0.25, -0.2) is 0 Å². The number of ether oxygens (including phenoxy) is 4. The largest absolute Gasteiger partial charge is 0.469 e. The number of fused-ring (bicyclic) bond motifs is 3. The van der Waals surface area contributed by atoms with Crippen LogP contribution >= 0.6 is 0 Å². The maximum atomic E-state index is 12.0. The van der Waals surface area contributed by atoms with Crippen LogP contribution in [-0.2, 0) is 28.5 Å². The van der Waals surface area contributed by atoms with E-state index in [1.807, 2.05) is 13.8 Å². The summed E-state index contributed by atoms with van der Waals surface area (Å²) < 4.78 is 22.0. The molecule has 6 nitrogen and oxygen atoms in total. The van der Waals surface area contributed by atoms with Gasteiger partial charge in [0.15, 0.2) is 5.79 Å². The van der Waals surface area contributed by atoms with Crippen LogP contribution in [0.3, 0.4) is 0 Å². The van der Waals surface area contributed by atoms with E-state index < -0.39 is 11.9 Å². The minimum absolute atomic E-state index is 0.200. The van der Waals surface area contributed by atoms with E-state index in [1.54, 1.807) is 6.92 Å². The Balaban J connectivity index is 1.93. The molecule has 6 heteroatoms. The number of hydrogen-bond acceptors (Lipinski definition) is 6. The predicted octanol–water partition coefficient (Wildman–Crippen LogP) is 0.877. The molecule has 2 heterocycles. The Labute approximate surface area is 117 Å². The first-order chi connectivity index (χ1) is 9.34. The van der Waals surface area contributed by atoms with Gasteiger partial charge in [0.05, 0.1) is 25.0 Å². The summed E-state index contributed by atoms with van der Waals surface area (Å²) in [5, 5.41) is 0. The van der Waals surface area contributed by atoms with Gasteiger partial charge in [-0.2, -0.15) is 0 Å². The highest BCUT2D eigenvalue weighted by molar-refractivity contribution is 5.79. The minimum Gasteiger partial charge on any atom is -0.469 e. The molecular formula is C14H20O6. The summed E-state index contributed by atoms with van der Waals surface area (Å²) in [7, 11) is 1.36. The molecule has 3 rings (SSSR count). The van der Waals surface area contributed by atoms with Crippen LogP contribution in [0.4, 0.5) is 0 Å². The van der Waals surface area contributed by atoms with Crippen molar-refractivity contribution in [3.63, 3.8) is 0 Å². The summed E-state index contributed by atoms with van der Waals surface area (Å²) in [6.45, 7) is 5.45. The third kappa shape index (κ3) is 1.93. The molecule has 3 fully saturated rings. The zero-order valence-corrected chi connectivity index (χ0v) is 12.1. The van der Waals surface area contributed by atoms with Gasteiger partial charge in [0.1, 0.15) is 12.2 Å². The van der Waals surface area contributed by atoms with Crippen LogP contribution in [0.2, 0.25) is 0 Å². The standard InChI is InChI=1S/C14H20O6/c1-6-9-7(13(16)17-4)5-8-10(11(9)18-12(6)15)20-14(2,3)19-8/h6-11H,5H2,1-4H3/t6?,7-,8-,9-,10-,11-/m1/s1. The Hall–Kier alpha value is -1.14. The number of carbonyl (C=O) groups is 2. The first kappa shape index (κ1) is 13.8. The highest BCUT2D eigenvalue weighted by Gasteiger charge is 2.61. The fourth-order valence-corrected chi connectivity index (χ4v) is 3.76. The molecule has 0 amide bonds. The number of rotatable bonds is 1. The normalized spacial score (nSPS) is 45.5. The summed E-state index contributed by atoms with van der Waals surface area (Å²) in [4.78, 5) is 23.9. The predicted molar refractivity (Wildman–Crippen MR) is 66.5 cm³/mol. The zero-order valence-electron chi connectivity index (χ0n) is 12.1. The Bertz CT molecular complexity index is 445. The van der Waals surface area contributed by atoms with Crippen molar-refractivity contribution < 1.29 is 28.5 Å². The second-order valence-corrected chi connectivity index (χ2v) is 6.27. The minimum atomic E-state index is -0.719. The maximum Gasteiger partial charge on any atom is 0.309 e. The van der Waals surface area contributed by atoms with Crippen LogP contribution in [-0.4, -0.2) is 43.1 Å². The van der Waals surface area contributed by atoms with Crippen molar-refractivity contribution in [1.29, 1.82) is 0 Å². The van der Waals surface area contributed by atoms with Crippen molar-refractivity contribution >= 4 is 11.9 Å². The Kier molecular flexibility index (Phi) is 3.06. The lowest BCUT2D eigenvalue weighted by molar-refractivity contribution is -0.165. The lowest BCUT2D eigenvalue weighted by Gasteiger charge is -2.37. The number of methoxy groups -OCH3 is 1. The van der Waals surface area contributed by atoms with Crippen molar-refractivity contribution in [1.82, 2.24) is 0 Å². The molecule has 1 unspecified atom stereocenters. The van der Waals surface area contributed by atoms with Crippen LogP contribution < -0.4 is 0 Å². The summed E-state index contributed by atoms with van der Waals surface area (Å²) in [5.74, 6) is -2.21. The third-order valence-electron chi connectivity index (χ3n) is 4.58. The number of esters is 2. The second-order valence-electron chi connectivity index (χ2n) is 6.27. The van der Waals surface area contributed by atoms with Crippen molar-refractivity contribution in [2.24, 2.45) is 17.8 Å². The van der Waals surface area contributed by atoms with Crippen LogP contribution in [0.15, 0.2) is 0 Å². The van der Waals surface area contributed by atoms with E-state index in [-0.39, 0.29) is 41.9 Å². The van der Waals surface area contributed by atoms with Gasteiger partial charge in [0.2, 0.25) is 0 Å². The zero-order chi connectivity index (χ0) is 14.7. The average Bonchev–Trinajstić information content (AvgIpc) is 2.84. The van der Waals surface area contributed by atoms with E-state index in [0.717, 1.165) is 0 Å². The molecule has 1 saturated carbocycles. The van der Waals surface area contributed by atoms with Crippen LogP contribution in [0, 0.1) is 17.8 Å². The third-order valence-corrected chi connectivity index (χ3v) is 4.58. The molecule has 3 aliphatic rings. The van der Waals surface area contributed by atoms with Gasteiger partial charge in [-0.05, 0) is 20.3 Å². The molecular weight excluding hydrogens is 264 g/mol. The van der Waals surface area contributed by atoms with E-state index in [2.05, 4.69) is 0 Å². The summed E-state index contributed by atoms with van der Waals surface area (Å²) in [6.07, 6.45) is -0.469. The van der Waals surface area contributed by atoms with Crippen LogP contribution in [0.5, 0.6) is 0 Å². The monoisotopic (exact) mass is 284 g/mol. The fraction of sp³-hybridized carbons (Fsp3) is 0.857. The summed E-state index contributed by atoms with van der Waals surface area (Å²) in [5.41, 5.74) is 0. The molecule has 2 saturated heterocycles. The van der Waals surface area contributed by atoms with Gasteiger partial charge < -0.3 is 18.9 Å². The van der Waals surface area contributed by atoms with Crippen molar-refractivity contribution in [2.45, 2.75) is 51.3 Å². The first-order valence-corrected chi connectivity index (χ1v) is 6.98.